The van der Waals surface area contributed by atoms with E-state index in [1.165, 1.54) is 11.1 Å². The number of benzene rings is 1. The summed E-state index contributed by atoms with van der Waals surface area (Å²) in [5, 5.41) is 0. The molecule has 0 spiro atoms. The zero-order valence-electron chi connectivity index (χ0n) is 10.7. The van der Waals surface area contributed by atoms with Gasteiger partial charge in [-0.25, -0.2) is 0 Å². The normalized spacial score (nSPS) is 26.1. The highest BCUT2D eigenvalue weighted by Crippen LogP contribution is 2.16. The molecule has 2 N–H and O–H groups in total. The molecule has 1 aromatic rings. The van der Waals surface area contributed by atoms with Gasteiger partial charge in [0.15, 0.2) is 0 Å². The largest absolute Gasteiger partial charge is 0.376 e. The van der Waals surface area contributed by atoms with E-state index in [1.807, 2.05) is 0 Å². The first kappa shape index (κ1) is 12.6. The van der Waals surface area contributed by atoms with E-state index in [1.54, 1.807) is 0 Å². The molecule has 1 fully saturated rings. The van der Waals surface area contributed by atoms with Crippen molar-refractivity contribution in [3.63, 3.8) is 0 Å². The molecule has 17 heavy (non-hydrogen) atoms. The van der Waals surface area contributed by atoms with E-state index in [9.17, 15) is 0 Å². The van der Waals surface area contributed by atoms with Gasteiger partial charge in [0.05, 0.1) is 12.7 Å². The van der Waals surface area contributed by atoms with Crippen molar-refractivity contribution in [1.82, 2.24) is 4.90 Å². The molecule has 94 valence electrons. The highest BCUT2D eigenvalue weighted by atomic mass is 16.5. The van der Waals surface area contributed by atoms with Crippen LogP contribution in [-0.4, -0.2) is 30.2 Å². The lowest BCUT2D eigenvalue weighted by Crippen LogP contribution is -2.46. The van der Waals surface area contributed by atoms with Crippen LogP contribution in [0.4, 0.5) is 0 Å². The third-order valence-electron chi connectivity index (χ3n) is 3.35. The Morgan fingerprint density at radius 1 is 1.35 bits per heavy atom. The van der Waals surface area contributed by atoms with E-state index in [-0.39, 0.29) is 0 Å². The molecular weight excluding hydrogens is 212 g/mol. The molecule has 1 aromatic carbocycles. The number of ether oxygens (including phenoxy) is 1. The minimum atomic E-state index is 0.337. The molecule has 0 saturated carbocycles. The molecule has 1 heterocycles. The van der Waals surface area contributed by atoms with Crippen molar-refractivity contribution in [2.75, 3.05) is 13.2 Å². The first-order chi connectivity index (χ1) is 8.19. The lowest BCUT2D eigenvalue weighted by Gasteiger charge is -2.36. The van der Waals surface area contributed by atoms with E-state index in [0.29, 0.717) is 18.7 Å². The Kier molecular flexibility index (Phi) is 4.15. The maximum absolute atomic E-state index is 5.67. The van der Waals surface area contributed by atoms with Crippen molar-refractivity contribution in [1.29, 1.82) is 0 Å². The van der Waals surface area contributed by atoms with Gasteiger partial charge in [0.1, 0.15) is 0 Å². The van der Waals surface area contributed by atoms with Crippen LogP contribution in [-0.2, 0) is 17.8 Å². The quantitative estimate of drug-likeness (QED) is 0.866. The second-order valence-corrected chi connectivity index (χ2v) is 4.95. The van der Waals surface area contributed by atoms with Crippen molar-refractivity contribution in [2.24, 2.45) is 5.73 Å². The van der Waals surface area contributed by atoms with Crippen LogP contribution in [0.5, 0.6) is 0 Å². The number of morpholine rings is 1. The summed E-state index contributed by atoms with van der Waals surface area (Å²) in [5.41, 5.74) is 8.21. The van der Waals surface area contributed by atoms with Crippen molar-refractivity contribution >= 4 is 0 Å². The van der Waals surface area contributed by atoms with Crippen LogP contribution in [0.15, 0.2) is 24.3 Å². The molecule has 0 aliphatic carbocycles. The molecule has 0 bridgehead atoms. The van der Waals surface area contributed by atoms with Crippen molar-refractivity contribution < 1.29 is 4.74 Å². The van der Waals surface area contributed by atoms with Gasteiger partial charge in [0, 0.05) is 25.7 Å². The van der Waals surface area contributed by atoms with Gasteiger partial charge in [-0.15, -0.1) is 0 Å². The fourth-order valence-corrected chi connectivity index (χ4v) is 2.28. The highest BCUT2D eigenvalue weighted by molar-refractivity contribution is 5.23. The third-order valence-corrected chi connectivity index (χ3v) is 3.35. The summed E-state index contributed by atoms with van der Waals surface area (Å²) in [6, 6.07) is 9.03. The highest BCUT2D eigenvalue weighted by Gasteiger charge is 2.23. The Morgan fingerprint density at radius 2 is 2.12 bits per heavy atom. The maximum Gasteiger partial charge on any atom is 0.0674 e. The predicted octanol–water partition coefficient (Wildman–Crippen LogP) is 1.75. The molecule has 1 saturated heterocycles. The van der Waals surface area contributed by atoms with E-state index in [0.717, 1.165) is 19.7 Å². The van der Waals surface area contributed by atoms with Gasteiger partial charge in [-0.1, -0.05) is 24.3 Å². The summed E-state index contributed by atoms with van der Waals surface area (Å²) >= 11 is 0. The third kappa shape index (κ3) is 3.28. The minimum absolute atomic E-state index is 0.337. The van der Waals surface area contributed by atoms with Gasteiger partial charge in [-0.3, -0.25) is 4.90 Å². The second kappa shape index (κ2) is 5.63. The molecule has 0 amide bonds. The zero-order valence-corrected chi connectivity index (χ0v) is 10.7. The van der Waals surface area contributed by atoms with Crippen LogP contribution in [0.1, 0.15) is 25.0 Å². The van der Waals surface area contributed by atoms with Gasteiger partial charge in [0.2, 0.25) is 0 Å². The molecule has 1 aliphatic heterocycles. The molecule has 2 unspecified atom stereocenters. The smallest absolute Gasteiger partial charge is 0.0674 e. The Labute approximate surface area is 104 Å². The molecule has 0 radical (unpaired) electrons. The number of nitrogens with two attached hydrogens (primary N) is 1. The number of hydrogen-bond donors (Lipinski definition) is 1. The number of hydrogen-bond acceptors (Lipinski definition) is 3. The topological polar surface area (TPSA) is 38.5 Å². The second-order valence-electron chi connectivity index (χ2n) is 4.95. The van der Waals surface area contributed by atoms with E-state index >= 15 is 0 Å². The molecule has 2 atom stereocenters. The lowest BCUT2D eigenvalue weighted by atomic mass is 10.1. The van der Waals surface area contributed by atoms with Crippen LogP contribution < -0.4 is 5.73 Å². The molecular formula is C14H22N2O. The summed E-state index contributed by atoms with van der Waals surface area (Å²) in [4.78, 5) is 2.48. The monoisotopic (exact) mass is 234 g/mol. The number of rotatable bonds is 3. The molecule has 2 rings (SSSR count). The van der Waals surface area contributed by atoms with Gasteiger partial charge in [-0.2, -0.15) is 0 Å². The molecule has 3 nitrogen and oxygen atoms in total. The van der Waals surface area contributed by atoms with Crippen LogP contribution >= 0.6 is 0 Å². The van der Waals surface area contributed by atoms with Gasteiger partial charge >= 0.3 is 0 Å². The van der Waals surface area contributed by atoms with Crippen molar-refractivity contribution in [3.05, 3.63) is 35.4 Å². The molecule has 0 aromatic heterocycles. The molecule has 1 aliphatic rings. The van der Waals surface area contributed by atoms with Crippen LogP contribution in [0.3, 0.4) is 0 Å². The van der Waals surface area contributed by atoms with Crippen molar-refractivity contribution in [3.8, 4) is 0 Å². The summed E-state index contributed by atoms with van der Waals surface area (Å²) in [6.45, 7) is 7.80. The fourth-order valence-electron chi connectivity index (χ4n) is 2.28. The summed E-state index contributed by atoms with van der Waals surface area (Å²) in [5.74, 6) is 0. The fraction of sp³-hybridized carbons (Fsp3) is 0.571. The minimum Gasteiger partial charge on any atom is -0.376 e. The van der Waals surface area contributed by atoms with Crippen LogP contribution in [0, 0.1) is 0 Å². The zero-order chi connectivity index (χ0) is 12.3. The van der Waals surface area contributed by atoms with Crippen LogP contribution in [0.25, 0.3) is 0 Å². The number of nitrogens with zero attached hydrogens (tertiary/aromatic N) is 1. The maximum atomic E-state index is 5.67. The summed E-state index contributed by atoms with van der Waals surface area (Å²) in [7, 11) is 0. The van der Waals surface area contributed by atoms with E-state index in [4.69, 9.17) is 10.5 Å². The van der Waals surface area contributed by atoms with Crippen LogP contribution in [0.2, 0.25) is 0 Å². The SMILES string of the molecule is CC1CN(Cc2cccc(CN)c2)C(C)CO1. The average Bonchev–Trinajstić information content (AvgIpc) is 2.34. The van der Waals surface area contributed by atoms with Crippen molar-refractivity contribution in [2.45, 2.75) is 39.1 Å². The standard InChI is InChI=1S/C14H22N2O/c1-11-10-17-12(2)8-16(11)9-14-5-3-4-13(6-14)7-15/h3-6,11-12H,7-10,15H2,1-2H3. The van der Waals surface area contributed by atoms with E-state index < -0.39 is 0 Å². The Hall–Kier alpha value is -0.900. The lowest BCUT2D eigenvalue weighted by molar-refractivity contribution is -0.0526. The summed E-state index contributed by atoms with van der Waals surface area (Å²) in [6.07, 6.45) is 0.337. The average molecular weight is 234 g/mol. The van der Waals surface area contributed by atoms with Gasteiger partial charge in [-0.05, 0) is 25.0 Å². The van der Waals surface area contributed by atoms with E-state index in [2.05, 4.69) is 43.0 Å². The van der Waals surface area contributed by atoms with Gasteiger partial charge < -0.3 is 10.5 Å². The predicted molar refractivity (Wildman–Crippen MR) is 69.6 cm³/mol. The van der Waals surface area contributed by atoms with Gasteiger partial charge in [0.25, 0.3) is 0 Å². The first-order valence-corrected chi connectivity index (χ1v) is 6.32. The summed E-state index contributed by atoms with van der Waals surface area (Å²) < 4.78 is 5.64. The Balaban J connectivity index is 2.03. The Morgan fingerprint density at radius 3 is 2.88 bits per heavy atom. The first-order valence-electron chi connectivity index (χ1n) is 6.32. The Bertz CT molecular complexity index is 367. The molecule has 3 heteroatoms.